The summed E-state index contributed by atoms with van der Waals surface area (Å²) in [6.45, 7) is 0.805. The summed E-state index contributed by atoms with van der Waals surface area (Å²) in [7, 11) is -1.87. The van der Waals surface area contributed by atoms with Crippen LogP contribution in [0, 0.1) is 17.8 Å². The van der Waals surface area contributed by atoms with Crippen molar-refractivity contribution in [3.63, 3.8) is 0 Å². The molecule has 1 heterocycles. The molecular weight excluding hydrogens is 274 g/mol. The minimum absolute atomic E-state index is 0.183. The summed E-state index contributed by atoms with van der Waals surface area (Å²) in [5.41, 5.74) is 5.87. The van der Waals surface area contributed by atoms with Gasteiger partial charge in [-0.15, -0.1) is 0 Å². The molecule has 1 aromatic heterocycles. The molecule has 2 N–H and O–H groups in total. The lowest BCUT2D eigenvalue weighted by Gasteiger charge is -2.29. The molecule has 1 aliphatic rings. The van der Waals surface area contributed by atoms with Gasteiger partial charge in [0.2, 0.25) is 10.0 Å². The van der Waals surface area contributed by atoms with Crippen LogP contribution in [0.15, 0.2) is 23.4 Å². The average Bonchev–Trinajstić information content (AvgIpc) is 2.40. The van der Waals surface area contributed by atoms with E-state index in [4.69, 9.17) is 5.73 Å². The van der Waals surface area contributed by atoms with Gasteiger partial charge in [-0.25, -0.2) is 12.7 Å². The largest absolute Gasteiger partial charge is 0.320 e. The highest BCUT2D eigenvalue weighted by Crippen LogP contribution is 2.28. The van der Waals surface area contributed by atoms with Crippen molar-refractivity contribution in [1.29, 1.82) is 0 Å². The Balaban J connectivity index is 2.19. The average molecular weight is 293 g/mol. The van der Waals surface area contributed by atoms with Crippen molar-refractivity contribution in [2.45, 2.75) is 24.2 Å². The molecule has 1 aromatic rings. The van der Waals surface area contributed by atoms with Crippen molar-refractivity contribution < 1.29 is 8.42 Å². The Morgan fingerprint density at radius 1 is 1.45 bits per heavy atom. The molecule has 0 radical (unpaired) electrons. The highest BCUT2D eigenvalue weighted by Gasteiger charge is 2.27. The van der Waals surface area contributed by atoms with Gasteiger partial charge in [-0.2, -0.15) is 0 Å². The van der Waals surface area contributed by atoms with Crippen molar-refractivity contribution >= 4 is 10.0 Å². The van der Waals surface area contributed by atoms with Crippen LogP contribution >= 0.6 is 0 Å². The highest BCUT2D eigenvalue weighted by atomic mass is 32.2. The van der Waals surface area contributed by atoms with Crippen LogP contribution in [-0.2, 0) is 10.0 Å². The number of nitrogens with zero attached hydrogens (tertiary/aromatic N) is 2. The van der Waals surface area contributed by atoms with Gasteiger partial charge >= 0.3 is 0 Å². The molecule has 2 rings (SSSR count). The first-order chi connectivity index (χ1) is 9.54. The van der Waals surface area contributed by atoms with Crippen LogP contribution in [-0.4, -0.2) is 37.8 Å². The van der Waals surface area contributed by atoms with Gasteiger partial charge < -0.3 is 5.73 Å². The smallest absolute Gasteiger partial charge is 0.244 e. The van der Waals surface area contributed by atoms with Crippen molar-refractivity contribution in [2.24, 2.45) is 11.7 Å². The molecule has 6 heteroatoms. The Kier molecular flexibility index (Phi) is 4.76. The summed E-state index contributed by atoms with van der Waals surface area (Å²) in [5.74, 6) is 5.98. The van der Waals surface area contributed by atoms with Crippen molar-refractivity contribution in [3.05, 3.63) is 24.0 Å². The molecule has 0 bridgehead atoms. The lowest BCUT2D eigenvalue weighted by Crippen LogP contribution is -2.34. The third kappa shape index (κ3) is 3.37. The number of hydrogen-bond acceptors (Lipinski definition) is 4. The first-order valence-corrected chi connectivity index (χ1v) is 8.08. The molecule has 1 aliphatic carbocycles. The Hall–Kier alpha value is -1.42. The maximum absolute atomic E-state index is 12.4. The van der Waals surface area contributed by atoms with E-state index in [1.807, 2.05) is 0 Å². The number of hydrogen-bond donors (Lipinski definition) is 1. The van der Waals surface area contributed by atoms with Crippen LogP contribution in [0.3, 0.4) is 0 Å². The molecule has 108 valence electrons. The molecule has 0 unspecified atom stereocenters. The molecule has 0 amide bonds. The van der Waals surface area contributed by atoms with Gasteiger partial charge in [0.05, 0.1) is 6.54 Å². The fourth-order valence-electron chi connectivity index (χ4n) is 2.10. The van der Waals surface area contributed by atoms with Gasteiger partial charge in [-0.3, -0.25) is 4.98 Å². The quantitative estimate of drug-likeness (QED) is 0.834. The highest BCUT2D eigenvalue weighted by molar-refractivity contribution is 7.89. The predicted octanol–water partition coefficient (Wildman–Crippen LogP) is 0.812. The lowest BCUT2D eigenvalue weighted by atomic mass is 9.86. The summed E-state index contributed by atoms with van der Waals surface area (Å²) < 4.78 is 26.3. The van der Waals surface area contributed by atoms with Crippen molar-refractivity contribution in [2.75, 3.05) is 20.1 Å². The van der Waals surface area contributed by atoms with Crippen LogP contribution in [0.4, 0.5) is 0 Å². The third-order valence-electron chi connectivity index (χ3n) is 3.50. The number of aromatic nitrogens is 1. The van der Waals surface area contributed by atoms with E-state index in [1.165, 1.54) is 23.1 Å². The molecule has 1 fully saturated rings. The van der Waals surface area contributed by atoms with Crippen LogP contribution in [0.2, 0.25) is 0 Å². The SMILES string of the molecule is CN(CC1CCC1)S(=O)(=O)c1cncc(C#CCN)c1. The molecular formula is C14H19N3O2S. The number of sulfonamides is 1. The first-order valence-electron chi connectivity index (χ1n) is 6.64. The van der Waals surface area contributed by atoms with E-state index < -0.39 is 10.0 Å². The van der Waals surface area contributed by atoms with Crippen LogP contribution in [0.5, 0.6) is 0 Å². The second kappa shape index (κ2) is 6.35. The van der Waals surface area contributed by atoms with Crippen LogP contribution in [0.25, 0.3) is 0 Å². The first kappa shape index (κ1) is 15.0. The van der Waals surface area contributed by atoms with E-state index >= 15 is 0 Å². The lowest BCUT2D eigenvalue weighted by molar-refractivity contribution is 0.263. The zero-order valence-corrected chi connectivity index (χ0v) is 12.4. The van der Waals surface area contributed by atoms with Crippen LogP contribution in [0.1, 0.15) is 24.8 Å². The summed E-state index contributed by atoms with van der Waals surface area (Å²) in [6.07, 6.45) is 6.32. The standard InChI is InChI=1S/C14H19N3O2S/c1-17(11-12-4-2-5-12)20(18,19)14-8-13(6-3-7-15)9-16-10-14/h8-10,12H,2,4-5,7,11,15H2,1H3. The topological polar surface area (TPSA) is 76.3 Å². The predicted molar refractivity (Wildman–Crippen MR) is 77.3 cm³/mol. The van der Waals surface area contributed by atoms with Crippen molar-refractivity contribution in [1.82, 2.24) is 9.29 Å². The Bertz CT molecular complexity index is 627. The van der Waals surface area contributed by atoms with Gasteiger partial charge in [0.15, 0.2) is 0 Å². The van der Waals surface area contributed by atoms with Gasteiger partial charge in [0, 0.05) is 31.5 Å². The van der Waals surface area contributed by atoms with Gasteiger partial charge in [-0.05, 0) is 24.8 Å². The maximum Gasteiger partial charge on any atom is 0.244 e. The van der Waals surface area contributed by atoms with E-state index in [0.29, 0.717) is 18.0 Å². The van der Waals surface area contributed by atoms with Gasteiger partial charge in [0.1, 0.15) is 4.90 Å². The molecule has 5 nitrogen and oxygen atoms in total. The Labute approximate surface area is 120 Å². The van der Waals surface area contributed by atoms with E-state index in [2.05, 4.69) is 16.8 Å². The van der Waals surface area contributed by atoms with E-state index in [-0.39, 0.29) is 11.4 Å². The third-order valence-corrected chi connectivity index (χ3v) is 5.28. The molecule has 0 saturated heterocycles. The van der Waals surface area contributed by atoms with E-state index in [0.717, 1.165) is 12.8 Å². The second-order valence-electron chi connectivity index (χ2n) is 5.00. The number of rotatable bonds is 4. The monoisotopic (exact) mass is 293 g/mol. The maximum atomic E-state index is 12.4. The minimum atomic E-state index is -3.49. The van der Waals surface area contributed by atoms with E-state index in [1.54, 1.807) is 13.1 Å². The van der Waals surface area contributed by atoms with Crippen molar-refractivity contribution in [3.8, 4) is 11.8 Å². The van der Waals surface area contributed by atoms with Gasteiger partial charge in [0.25, 0.3) is 0 Å². The normalized spacial score (nSPS) is 15.6. The Morgan fingerprint density at radius 2 is 2.20 bits per heavy atom. The fraction of sp³-hybridized carbons (Fsp3) is 0.500. The molecule has 20 heavy (non-hydrogen) atoms. The zero-order chi connectivity index (χ0) is 14.6. The summed E-state index contributed by atoms with van der Waals surface area (Å²) in [5, 5.41) is 0. The van der Waals surface area contributed by atoms with E-state index in [9.17, 15) is 8.42 Å². The molecule has 0 aromatic carbocycles. The second-order valence-corrected chi connectivity index (χ2v) is 7.04. The fourth-order valence-corrected chi connectivity index (χ4v) is 3.34. The summed E-state index contributed by atoms with van der Waals surface area (Å²) in [6, 6.07) is 1.54. The summed E-state index contributed by atoms with van der Waals surface area (Å²) >= 11 is 0. The molecule has 0 aliphatic heterocycles. The molecule has 0 atom stereocenters. The molecule has 0 spiro atoms. The minimum Gasteiger partial charge on any atom is -0.320 e. The summed E-state index contributed by atoms with van der Waals surface area (Å²) in [4.78, 5) is 4.13. The molecule has 1 saturated carbocycles. The number of pyridine rings is 1. The number of nitrogens with two attached hydrogens (primary N) is 1. The zero-order valence-electron chi connectivity index (χ0n) is 11.5. The van der Waals surface area contributed by atoms with Crippen LogP contribution < -0.4 is 5.73 Å². The Morgan fingerprint density at radius 3 is 2.80 bits per heavy atom. The van der Waals surface area contributed by atoms with Gasteiger partial charge in [-0.1, -0.05) is 18.3 Å².